The summed E-state index contributed by atoms with van der Waals surface area (Å²) >= 11 is 0. The highest BCUT2D eigenvalue weighted by atomic mass is 16.5. The Bertz CT molecular complexity index is 1080. The molecular weight excluding hydrogens is 344 g/mol. The summed E-state index contributed by atoms with van der Waals surface area (Å²) in [4.78, 5) is 16.7. The Morgan fingerprint density at radius 3 is 2.85 bits per heavy atom. The summed E-state index contributed by atoms with van der Waals surface area (Å²) in [6, 6.07) is 11.6. The number of hydrogen-bond donors (Lipinski definition) is 1. The van der Waals surface area contributed by atoms with Gasteiger partial charge in [0.05, 0.1) is 29.4 Å². The molecule has 0 aliphatic carbocycles. The summed E-state index contributed by atoms with van der Waals surface area (Å²) in [5.41, 5.74) is 2.71. The lowest BCUT2D eigenvalue weighted by Gasteiger charge is -2.02. The van der Waals surface area contributed by atoms with E-state index in [2.05, 4.69) is 25.8 Å². The smallest absolute Gasteiger partial charge is 0.258 e. The molecule has 0 unspecified atom stereocenters. The molecule has 0 radical (unpaired) electrons. The molecule has 4 rings (SSSR count). The number of fused-ring (bicyclic) bond motifs is 1. The zero-order chi connectivity index (χ0) is 18.8. The van der Waals surface area contributed by atoms with Gasteiger partial charge in [0.1, 0.15) is 0 Å². The summed E-state index contributed by atoms with van der Waals surface area (Å²) in [5.74, 6) is 0.238. The Morgan fingerprint density at radius 1 is 1.26 bits per heavy atom. The maximum atomic E-state index is 12.5. The fourth-order valence-electron chi connectivity index (χ4n) is 2.78. The number of benzene rings is 1. The highest BCUT2D eigenvalue weighted by Gasteiger charge is 2.16. The molecule has 0 aliphatic heterocycles. The first-order chi connectivity index (χ1) is 13.1. The van der Waals surface area contributed by atoms with Crippen LogP contribution in [0, 0.1) is 0 Å². The molecule has 1 amide bonds. The van der Waals surface area contributed by atoms with Crippen molar-refractivity contribution in [2.75, 3.05) is 5.32 Å². The van der Waals surface area contributed by atoms with Crippen molar-refractivity contribution < 1.29 is 9.32 Å². The second-order valence-electron chi connectivity index (χ2n) is 6.54. The van der Waals surface area contributed by atoms with Gasteiger partial charge in [0.25, 0.3) is 11.6 Å². The second kappa shape index (κ2) is 6.99. The van der Waals surface area contributed by atoms with Crippen LogP contribution in [0.4, 0.5) is 5.82 Å². The first-order valence-corrected chi connectivity index (χ1v) is 8.61. The lowest BCUT2D eigenvalue weighted by Crippen LogP contribution is -2.12. The van der Waals surface area contributed by atoms with Crippen molar-refractivity contribution in [3.8, 4) is 0 Å². The maximum Gasteiger partial charge on any atom is 0.258 e. The Hall–Kier alpha value is -3.55. The Morgan fingerprint density at radius 2 is 2.07 bits per heavy atom. The molecule has 0 bridgehead atoms. The molecule has 27 heavy (non-hydrogen) atoms. The van der Waals surface area contributed by atoms with Crippen LogP contribution in [0.5, 0.6) is 0 Å². The van der Waals surface area contributed by atoms with E-state index in [1.165, 1.54) is 6.20 Å². The normalized spacial score (nSPS) is 11.2. The van der Waals surface area contributed by atoms with Crippen molar-refractivity contribution in [3.63, 3.8) is 0 Å². The summed E-state index contributed by atoms with van der Waals surface area (Å²) < 4.78 is 6.87. The van der Waals surface area contributed by atoms with Crippen LogP contribution >= 0.6 is 0 Å². The van der Waals surface area contributed by atoms with Crippen LogP contribution in [0.15, 0.2) is 53.3 Å². The highest BCUT2D eigenvalue weighted by molar-refractivity contribution is 6.05. The molecule has 0 aliphatic rings. The van der Waals surface area contributed by atoms with Crippen molar-refractivity contribution in [1.29, 1.82) is 0 Å². The Labute approximate surface area is 155 Å². The van der Waals surface area contributed by atoms with E-state index in [4.69, 9.17) is 4.52 Å². The van der Waals surface area contributed by atoms with Crippen molar-refractivity contribution in [2.24, 2.45) is 0 Å². The number of nitrogens with one attached hydrogen (secondary N) is 1. The Kier molecular flexibility index (Phi) is 4.37. The number of carbonyl (C=O) groups excluding carboxylic acids is 1. The highest BCUT2D eigenvalue weighted by Crippen LogP contribution is 2.24. The average Bonchev–Trinajstić information content (AvgIpc) is 3.28. The van der Waals surface area contributed by atoms with Crippen molar-refractivity contribution in [1.82, 2.24) is 25.1 Å². The van der Waals surface area contributed by atoms with Gasteiger partial charge in [0.15, 0.2) is 5.82 Å². The molecule has 1 aromatic carbocycles. The first kappa shape index (κ1) is 16.9. The molecule has 3 heterocycles. The monoisotopic (exact) mass is 362 g/mol. The number of nitrogens with zero attached hydrogens (tertiary/aromatic N) is 5. The SMILES string of the molecule is CC(C)c1noc2ncc(C(=O)Nc3cn(Cc4ccccc4)nn3)cc12. The number of rotatable bonds is 5. The van der Waals surface area contributed by atoms with Crippen LogP contribution in [0.1, 0.15) is 41.4 Å². The van der Waals surface area contributed by atoms with E-state index in [-0.39, 0.29) is 11.8 Å². The van der Waals surface area contributed by atoms with Crippen LogP contribution in [-0.4, -0.2) is 31.0 Å². The molecule has 0 fully saturated rings. The fourth-order valence-corrected chi connectivity index (χ4v) is 2.78. The van der Waals surface area contributed by atoms with Gasteiger partial charge in [-0.15, -0.1) is 5.10 Å². The molecular formula is C19H18N6O2. The van der Waals surface area contributed by atoms with Crippen molar-refractivity contribution in [3.05, 3.63) is 65.6 Å². The average molecular weight is 362 g/mol. The molecule has 0 saturated heterocycles. The number of amides is 1. The number of anilines is 1. The largest absolute Gasteiger partial charge is 0.336 e. The zero-order valence-corrected chi connectivity index (χ0v) is 15.0. The van der Waals surface area contributed by atoms with Crippen LogP contribution in [0.3, 0.4) is 0 Å². The summed E-state index contributed by atoms with van der Waals surface area (Å²) in [6.07, 6.45) is 3.15. The second-order valence-corrected chi connectivity index (χ2v) is 6.54. The quantitative estimate of drug-likeness (QED) is 0.585. The molecule has 0 spiro atoms. The summed E-state index contributed by atoms with van der Waals surface area (Å²) in [5, 5.41) is 15.6. The minimum absolute atomic E-state index is 0.171. The number of aromatic nitrogens is 5. The van der Waals surface area contributed by atoms with E-state index in [0.717, 1.165) is 16.6 Å². The van der Waals surface area contributed by atoms with Gasteiger partial charge in [0.2, 0.25) is 0 Å². The Balaban J connectivity index is 1.51. The predicted molar refractivity (Wildman–Crippen MR) is 99.4 cm³/mol. The van der Waals surface area contributed by atoms with Gasteiger partial charge in [-0.25, -0.2) is 9.67 Å². The van der Waals surface area contributed by atoms with Crippen LogP contribution < -0.4 is 5.32 Å². The zero-order valence-electron chi connectivity index (χ0n) is 15.0. The van der Waals surface area contributed by atoms with Crippen LogP contribution in [0.2, 0.25) is 0 Å². The lowest BCUT2D eigenvalue weighted by molar-refractivity contribution is 0.102. The predicted octanol–water partition coefficient (Wildman–Crippen LogP) is 3.24. The van der Waals surface area contributed by atoms with Crippen molar-refractivity contribution >= 4 is 22.8 Å². The molecule has 0 saturated carbocycles. The standard InChI is InChI=1S/C19H18N6O2/c1-12(2)17-15-8-14(9-20-19(15)27-23-17)18(26)21-16-11-25(24-22-16)10-13-6-4-3-5-7-13/h3-9,11-12H,10H2,1-2H3,(H,21,26). The maximum absolute atomic E-state index is 12.5. The fraction of sp³-hybridized carbons (Fsp3) is 0.211. The van der Waals surface area contributed by atoms with Crippen LogP contribution in [-0.2, 0) is 6.54 Å². The molecule has 3 aromatic heterocycles. The van der Waals surface area contributed by atoms with E-state index in [9.17, 15) is 4.79 Å². The minimum atomic E-state index is -0.313. The molecule has 8 nitrogen and oxygen atoms in total. The number of hydrogen-bond acceptors (Lipinski definition) is 6. The lowest BCUT2D eigenvalue weighted by atomic mass is 10.1. The summed E-state index contributed by atoms with van der Waals surface area (Å²) in [7, 11) is 0. The van der Waals surface area contributed by atoms with Gasteiger partial charge in [-0.3, -0.25) is 4.79 Å². The topological polar surface area (TPSA) is 98.7 Å². The molecule has 1 N–H and O–H groups in total. The third-order valence-electron chi connectivity index (χ3n) is 4.13. The van der Waals surface area contributed by atoms with E-state index in [1.54, 1.807) is 16.9 Å². The van der Waals surface area contributed by atoms with E-state index >= 15 is 0 Å². The van der Waals surface area contributed by atoms with Gasteiger partial charge in [-0.1, -0.05) is 54.5 Å². The number of pyridine rings is 1. The minimum Gasteiger partial charge on any atom is -0.336 e. The van der Waals surface area contributed by atoms with Gasteiger partial charge in [-0.05, 0) is 17.5 Å². The third-order valence-corrected chi connectivity index (χ3v) is 4.13. The summed E-state index contributed by atoms with van der Waals surface area (Å²) in [6.45, 7) is 4.60. The van der Waals surface area contributed by atoms with Gasteiger partial charge >= 0.3 is 0 Å². The van der Waals surface area contributed by atoms with Gasteiger partial charge < -0.3 is 9.84 Å². The van der Waals surface area contributed by atoms with E-state index < -0.39 is 0 Å². The van der Waals surface area contributed by atoms with Crippen LogP contribution in [0.25, 0.3) is 11.1 Å². The van der Waals surface area contributed by atoms with Crippen molar-refractivity contribution in [2.45, 2.75) is 26.3 Å². The molecule has 136 valence electrons. The first-order valence-electron chi connectivity index (χ1n) is 8.61. The molecule has 0 atom stereocenters. The molecule has 4 aromatic rings. The number of carbonyl (C=O) groups is 1. The van der Waals surface area contributed by atoms with E-state index in [1.807, 2.05) is 44.2 Å². The van der Waals surface area contributed by atoms with E-state index in [0.29, 0.717) is 23.6 Å². The van der Waals surface area contributed by atoms with Gasteiger partial charge in [0, 0.05) is 6.20 Å². The third kappa shape index (κ3) is 3.55. The van der Waals surface area contributed by atoms with Gasteiger partial charge in [-0.2, -0.15) is 0 Å². The molecule has 8 heteroatoms.